The van der Waals surface area contributed by atoms with Crippen LogP contribution < -0.4 is 5.32 Å². The summed E-state index contributed by atoms with van der Waals surface area (Å²) in [6.07, 6.45) is 14.0. The molecule has 2 N–H and O–H groups in total. The van der Waals surface area contributed by atoms with E-state index in [1.54, 1.807) is 0 Å². The highest BCUT2D eigenvalue weighted by Gasteiger charge is 2.38. The zero-order valence-corrected chi connectivity index (χ0v) is 18.2. The lowest BCUT2D eigenvalue weighted by Crippen LogP contribution is -2.53. The predicted octanol–water partition coefficient (Wildman–Crippen LogP) is 4.36. The Balaban J connectivity index is 1.54. The molecule has 3 aliphatic rings. The molecule has 0 aromatic heterocycles. The molecule has 3 nitrogen and oxygen atoms in total. The minimum Gasteiger partial charge on any atom is -0.392 e. The van der Waals surface area contributed by atoms with Gasteiger partial charge < -0.3 is 15.3 Å². The number of alkyl halides is 1. The molecule has 27 heavy (non-hydrogen) atoms. The highest BCUT2D eigenvalue weighted by Crippen LogP contribution is 2.41. The fourth-order valence-corrected chi connectivity index (χ4v) is 5.47. The van der Waals surface area contributed by atoms with Crippen molar-refractivity contribution in [1.29, 1.82) is 0 Å². The monoisotopic (exact) mass is 394 g/mol. The Hall–Kier alpha value is -0.350. The second-order valence-corrected chi connectivity index (χ2v) is 10.3. The number of aliphatic hydroxyl groups is 1. The van der Waals surface area contributed by atoms with Crippen LogP contribution in [-0.4, -0.2) is 53.7 Å². The van der Waals surface area contributed by atoms with Gasteiger partial charge in [0.2, 0.25) is 0 Å². The van der Waals surface area contributed by atoms with Gasteiger partial charge >= 0.3 is 0 Å². The number of nitrogens with zero attached hydrogens (tertiary/aromatic N) is 1. The van der Waals surface area contributed by atoms with E-state index in [4.69, 9.17) is 11.6 Å². The van der Waals surface area contributed by atoms with Gasteiger partial charge in [-0.1, -0.05) is 44.9 Å². The van der Waals surface area contributed by atoms with Crippen molar-refractivity contribution < 1.29 is 5.11 Å². The van der Waals surface area contributed by atoms with Crippen LogP contribution >= 0.6 is 11.6 Å². The van der Waals surface area contributed by atoms with Crippen molar-refractivity contribution in [3.05, 3.63) is 23.8 Å². The van der Waals surface area contributed by atoms with Crippen LogP contribution in [0.3, 0.4) is 0 Å². The zero-order valence-electron chi connectivity index (χ0n) is 17.5. The Morgan fingerprint density at radius 1 is 1.30 bits per heavy atom. The number of halogens is 1. The molecule has 0 radical (unpaired) electrons. The van der Waals surface area contributed by atoms with E-state index < -0.39 is 0 Å². The Labute approximate surface area is 171 Å². The molecule has 3 rings (SSSR count). The van der Waals surface area contributed by atoms with Gasteiger partial charge in [-0.15, -0.1) is 11.6 Å². The fraction of sp³-hybridized carbons (Fsp3) is 0.826. The van der Waals surface area contributed by atoms with Crippen LogP contribution in [0, 0.1) is 17.3 Å². The lowest BCUT2D eigenvalue weighted by Gasteiger charge is -2.46. The standard InChI is InChI=1S/C23H39ClN2O/c1-17(27)22(25-14-18-6-4-5-7-18)15-26-13-12-21(23(2,3)16-26)19-8-10-20(24)11-9-19/h8-10,17-18,20-22,25,27H,4-7,11-16H2,1-3H3/t17?,20?,21?,22-/m0/s1. The number of hydrogen-bond acceptors (Lipinski definition) is 3. The number of allylic oxidation sites excluding steroid dienone is 4. The molecule has 3 unspecified atom stereocenters. The van der Waals surface area contributed by atoms with E-state index in [2.05, 4.69) is 42.3 Å². The largest absolute Gasteiger partial charge is 0.392 e. The minimum absolute atomic E-state index is 0.162. The van der Waals surface area contributed by atoms with E-state index in [9.17, 15) is 5.11 Å². The van der Waals surface area contributed by atoms with Gasteiger partial charge in [-0.2, -0.15) is 0 Å². The lowest BCUT2D eigenvalue weighted by molar-refractivity contribution is 0.0461. The van der Waals surface area contributed by atoms with Crippen LogP contribution in [0.5, 0.6) is 0 Å². The van der Waals surface area contributed by atoms with Crippen LogP contribution in [0.2, 0.25) is 0 Å². The maximum atomic E-state index is 10.3. The van der Waals surface area contributed by atoms with Gasteiger partial charge in [-0.25, -0.2) is 0 Å². The molecule has 0 amide bonds. The third kappa shape index (κ3) is 5.82. The average Bonchev–Trinajstić information content (AvgIpc) is 3.12. The van der Waals surface area contributed by atoms with E-state index in [0.717, 1.165) is 38.5 Å². The molecule has 4 atom stereocenters. The van der Waals surface area contributed by atoms with Gasteiger partial charge in [-0.05, 0) is 68.5 Å². The summed E-state index contributed by atoms with van der Waals surface area (Å²) in [6, 6.07) is 0.170. The smallest absolute Gasteiger partial charge is 0.0677 e. The van der Waals surface area contributed by atoms with Crippen LogP contribution in [0.25, 0.3) is 0 Å². The molecular formula is C23H39ClN2O. The van der Waals surface area contributed by atoms with Gasteiger partial charge in [0.25, 0.3) is 0 Å². The molecule has 0 aromatic carbocycles. The number of likely N-dealkylation sites (tertiary alicyclic amines) is 1. The highest BCUT2D eigenvalue weighted by molar-refractivity contribution is 6.22. The summed E-state index contributed by atoms with van der Waals surface area (Å²) >= 11 is 6.21. The number of nitrogens with one attached hydrogen (secondary N) is 1. The van der Waals surface area contributed by atoms with Crippen molar-refractivity contribution in [3.8, 4) is 0 Å². The van der Waals surface area contributed by atoms with Crippen LogP contribution in [0.4, 0.5) is 0 Å². The van der Waals surface area contributed by atoms with E-state index in [1.165, 1.54) is 37.7 Å². The second kappa shape index (κ2) is 9.43. The fourth-order valence-electron chi connectivity index (χ4n) is 5.31. The molecule has 1 saturated heterocycles. The second-order valence-electron chi connectivity index (χ2n) is 9.79. The topological polar surface area (TPSA) is 35.5 Å². The first-order chi connectivity index (χ1) is 12.8. The molecule has 1 saturated carbocycles. The SMILES string of the molecule is CC(O)[C@H](CN1CCC(C2=CCC(Cl)C=C2)C(C)(C)C1)NCC1CCCC1. The number of hydrogen-bond donors (Lipinski definition) is 2. The Bertz CT molecular complexity index is 536. The van der Waals surface area contributed by atoms with E-state index in [0.29, 0.717) is 5.92 Å². The molecule has 4 heteroatoms. The van der Waals surface area contributed by atoms with Crippen LogP contribution in [0.1, 0.15) is 59.3 Å². The van der Waals surface area contributed by atoms with Gasteiger partial charge in [-0.3, -0.25) is 0 Å². The van der Waals surface area contributed by atoms with Crippen molar-refractivity contribution in [2.45, 2.75) is 76.8 Å². The Morgan fingerprint density at radius 2 is 2.04 bits per heavy atom. The lowest BCUT2D eigenvalue weighted by atomic mass is 9.69. The predicted molar refractivity (Wildman–Crippen MR) is 115 cm³/mol. The normalized spacial score (nSPS) is 31.7. The Morgan fingerprint density at radius 3 is 2.63 bits per heavy atom. The summed E-state index contributed by atoms with van der Waals surface area (Å²) < 4.78 is 0. The van der Waals surface area contributed by atoms with Gasteiger partial charge in [0.15, 0.2) is 0 Å². The minimum atomic E-state index is -0.308. The summed E-state index contributed by atoms with van der Waals surface area (Å²) in [5.74, 6) is 1.41. The maximum Gasteiger partial charge on any atom is 0.0677 e. The molecule has 1 aliphatic heterocycles. The Kier molecular flexibility index (Phi) is 7.46. The zero-order chi connectivity index (χ0) is 19.4. The third-order valence-corrected chi connectivity index (χ3v) is 7.29. The third-order valence-electron chi connectivity index (χ3n) is 6.97. The van der Waals surface area contributed by atoms with Gasteiger partial charge in [0.05, 0.1) is 11.5 Å². The highest BCUT2D eigenvalue weighted by atomic mass is 35.5. The van der Waals surface area contributed by atoms with Crippen molar-refractivity contribution in [3.63, 3.8) is 0 Å². The quantitative estimate of drug-likeness (QED) is 0.630. The summed E-state index contributed by atoms with van der Waals surface area (Å²) in [5.41, 5.74) is 1.71. The molecule has 0 aromatic rings. The van der Waals surface area contributed by atoms with E-state index >= 15 is 0 Å². The van der Waals surface area contributed by atoms with Crippen molar-refractivity contribution >= 4 is 11.6 Å². The van der Waals surface area contributed by atoms with Gasteiger partial charge in [0, 0.05) is 19.1 Å². The summed E-state index contributed by atoms with van der Waals surface area (Å²) in [4.78, 5) is 2.56. The summed E-state index contributed by atoms with van der Waals surface area (Å²) in [5, 5.41) is 14.2. The van der Waals surface area contributed by atoms with Crippen LogP contribution in [-0.2, 0) is 0 Å². The number of piperidine rings is 1. The van der Waals surface area contributed by atoms with Crippen molar-refractivity contribution in [1.82, 2.24) is 10.2 Å². The first-order valence-electron chi connectivity index (χ1n) is 11.0. The summed E-state index contributed by atoms with van der Waals surface area (Å²) in [6.45, 7) is 10.9. The molecule has 0 bridgehead atoms. The molecule has 2 aliphatic carbocycles. The van der Waals surface area contributed by atoms with E-state index in [-0.39, 0.29) is 22.9 Å². The maximum absolute atomic E-state index is 10.3. The first-order valence-corrected chi connectivity index (χ1v) is 11.4. The number of aliphatic hydroxyl groups excluding tert-OH is 1. The summed E-state index contributed by atoms with van der Waals surface area (Å²) in [7, 11) is 0. The van der Waals surface area contributed by atoms with Crippen molar-refractivity contribution in [2.75, 3.05) is 26.2 Å². The average molecular weight is 395 g/mol. The molecule has 154 valence electrons. The van der Waals surface area contributed by atoms with Crippen LogP contribution in [0.15, 0.2) is 23.8 Å². The molecule has 1 heterocycles. The first kappa shape index (κ1) is 21.4. The van der Waals surface area contributed by atoms with E-state index in [1.807, 2.05) is 6.92 Å². The van der Waals surface area contributed by atoms with Crippen molar-refractivity contribution in [2.24, 2.45) is 17.3 Å². The molecule has 2 fully saturated rings. The molecular weight excluding hydrogens is 356 g/mol. The molecule has 0 spiro atoms. The number of rotatable bonds is 7. The van der Waals surface area contributed by atoms with Gasteiger partial charge in [0.1, 0.15) is 0 Å².